The molecule has 0 saturated carbocycles. The zero-order valence-electron chi connectivity index (χ0n) is 23.9. The van der Waals surface area contributed by atoms with Crippen LogP contribution in [0.4, 0.5) is 5.69 Å². The number of halogens is 1. The molecule has 0 unspecified atom stereocenters. The van der Waals surface area contributed by atoms with Crippen LogP contribution in [0.15, 0.2) is 63.7 Å². The van der Waals surface area contributed by atoms with E-state index >= 15 is 0 Å². The SMILES string of the molecule is CCC/C(=C\c1cc(Br)ccc1O)CC[C@H]1OB(O)C[C@H]2C1=C(CC)C[C@H]1C(=O)N(c3cccc(B(O)O)c3)C(=O)[C@H]12. The summed E-state index contributed by atoms with van der Waals surface area (Å²) in [5, 5.41) is 40.5. The summed E-state index contributed by atoms with van der Waals surface area (Å²) in [7, 11) is -2.77. The van der Waals surface area contributed by atoms with Crippen molar-refractivity contribution in [3.63, 3.8) is 0 Å². The predicted molar refractivity (Wildman–Crippen MR) is 167 cm³/mol. The van der Waals surface area contributed by atoms with Gasteiger partial charge in [-0.3, -0.25) is 14.5 Å². The van der Waals surface area contributed by atoms with Gasteiger partial charge in [-0.05, 0) is 85.7 Å². The van der Waals surface area contributed by atoms with Crippen LogP contribution in [-0.4, -0.2) is 52.3 Å². The van der Waals surface area contributed by atoms with E-state index in [0.29, 0.717) is 31.4 Å². The van der Waals surface area contributed by atoms with Gasteiger partial charge in [-0.2, -0.15) is 0 Å². The fourth-order valence-electron chi connectivity index (χ4n) is 6.95. The summed E-state index contributed by atoms with van der Waals surface area (Å²) in [6.45, 7) is 4.15. The number of amides is 2. The summed E-state index contributed by atoms with van der Waals surface area (Å²) in [6, 6.07) is 11.5. The van der Waals surface area contributed by atoms with E-state index in [2.05, 4.69) is 22.9 Å². The molecule has 3 aliphatic rings. The van der Waals surface area contributed by atoms with E-state index in [4.69, 9.17) is 4.65 Å². The molecule has 4 atom stereocenters. The number of allylic oxidation sites excluding steroid dienone is 2. The Hall–Kier alpha value is -2.69. The third-order valence-corrected chi connectivity index (χ3v) is 9.30. The lowest BCUT2D eigenvalue weighted by Crippen LogP contribution is -2.46. The van der Waals surface area contributed by atoms with Crippen LogP contribution in [0.25, 0.3) is 6.08 Å². The zero-order chi connectivity index (χ0) is 30.1. The molecule has 2 aromatic carbocycles. The van der Waals surface area contributed by atoms with Crippen molar-refractivity contribution >= 4 is 59.2 Å². The zero-order valence-corrected chi connectivity index (χ0v) is 25.5. The second-order valence-corrected chi connectivity index (χ2v) is 12.4. The van der Waals surface area contributed by atoms with Crippen molar-refractivity contribution in [3.8, 4) is 5.75 Å². The van der Waals surface area contributed by atoms with E-state index < -0.39 is 32.2 Å². The van der Waals surface area contributed by atoms with Crippen molar-refractivity contribution in [3.05, 3.63) is 69.2 Å². The summed E-state index contributed by atoms with van der Waals surface area (Å²) in [6.07, 6.45) is 6.10. The van der Waals surface area contributed by atoms with Gasteiger partial charge in [-0.25, -0.2) is 0 Å². The molecule has 0 radical (unpaired) electrons. The van der Waals surface area contributed by atoms with Crippen molar-refractivity contribution in [1.82, 2.24) is 0 Å². The van der Waals surface area contributed by atoms with E-state index in [1.54, 1.807) is 24.3 Å². The molecule has 2 aromatic rings. The number of rotatable bonds is 9. The third-order valence-electron chi connectivity index (χ3n) is 8.81. The molecule has 2 fully saturated rings. The predicted octanol–water partition coefficient (Wildman–Crippen LogP) is 4.21. The van der Waals surface area contributed by atoms with Crippen LogP contribution in [0.3, 0.4) is 0 Å². The number of anilines is 1. The highest BCUT2D eigenvalue weighted by Crippen LogP contribution is 2.51. The monoisotopic (exact) mass is 635 g/mol. The minimum absolute atomic E-state index is 0.199. The van der Waals surface area contributed by atoms with Crippen molar-refractivity contribution < 1.29 is 34.4 Å². The Labute approximate surface area is 255 Å². The van der Waals surface area contributed by atoms with Crippen molar-refractivity contribution in [1.29, 1.82) is 0 Å². The average molecular weight is 636 g/mol. The molecule has 42 heavy (non-hydrogen) atoms. The van der Waals surface area contributed by atoms with Gasteiger partial charge in [-0.1, -0.05) is 65.6 Å². The third kappa shape index (κ3) is 6.03. The first kappa shape index (κ1) is 30.8. The number of phenolic OH excluding ortho intramolecular Hbond substituents is 1. The maximum Gasteiger partial charge on any atom is 0.488 e. The largest absolute Gasteiger partial charge is 0.507 e. The quantitative estimate of drug-likeness (QED) is 0.185. The first-order chi connectivity index (χ1) is 20.1. The van der Waals surface area contributed by atoms with E-state index in [9.17, 15) is 29.8 Å². The highest BCUT2D eigenvalue weighted by atomic mass is 79.9. The summed E-state index contributed by atoms with van der Waals surface area (Å²) in [4.78, 5) is 28.8. The van der Waals surface area contributed by atoms with E-state index in [1.165, 1.54) is 17.0 Å². The molecule has 2 saturated heterocycles. The second-order valence-electron chi connectivity index (χ2n) is 11.4. The Bertz CT molecular complexity index is 1430. The van der Waals surface area contributed by atoms with Gasteiger partial charge in [0.1, 0.15) is 5.75 Å². The van der Waals surface area contributed by atoms with Gasteiger partial charge < -0.3 is 24.8 Å². The van der Waals surface area contributed by atoms with Gasteiger partial charge in [0.15, 0.2) is 0 Å². The molecule has 2 amide bonds. The fraction of sp³-hybridized carbons (Fsp3) is 0.419. The number of carbonyl (C=O) groups is 2. The van der Waals surface area contributed by atoms with Crippen molar-refractivity contribution in [2.24, 2.45) is 17.8 Å². The van der Waals surface area contributed by atoms with E-state index in [-0.39, 0.29) is 35.3 Å². The van der Waals surface area contributed by atoms with Gasteiger partial charge in [0, 0.05) is 10.0 Å². The molecule has 11 heteroatoms. The van der Waals surface area contributed by atoms with Gasteiger partial charge in [0.25, 0.3) is 0 Å². The molecular formula is C31H36B2BrNO7. The van der Waals surface area contributed by atoms with Gasteiger partial charge in [0.2, 0.25) is 11.8 Å². The first-order valence-electron chi connectivity index (χ1n) is 14.7. The summed E-state index contributed by atoms with van der Waals surface area (Å²) in [5.74, 6) is -1.89. The second kappa shape index (κ2) is 12.9. The summed E-state index contributed by atoms with van der Waals surface area (Å²) >= 11 is 3.47. The average Bonchev–Trinajstić information content (AvgIpc) is 3.22. The number of fused-ring (bicyclic) bond motifs is 3. The number of hydrogen-bond acceptors (Lipinski definition) is 7. The molecular weight excluding hydrogens is 600 g/mol. The van der Waals surface area contributed by atoms with Crippen LogP contribution in [0.2, 0.25) is 6.32 Å². The lowest BCUT2D eigenvalue weighted by atomic mass is 9.58. The molecule has 0 aromatic heterocycles. The van der Waals surface area contributed by atoms with Crippen LogP contribution < -0.4 is 10.4 Å². The number of imide groups is 1. The molecule has 0 spiro atoms. The smallest absolute Gasteiger partial charge is 0.488 e. The van der Waals surface area contributed by atoms with E-state index in [1.807, 2.05) is 19.1 Å². The normalized spacial score (nSPS) is 24.3. The Balaban J connectivity index is 1.43. The maximum absolute atomic E-state index is 13.9. The lowest BCUT2D eigenvalue weighted by molar-refractivity contribution is -0.122. The minimum atomic E-state index is -1.72. The number of nitrogens with zero attached hydrogens (tertiary/aromatic N) is 1. The number of benzene rings is 2. The molecule has 2 heterocycles. The maximum atomic E-state index is 13.9. The summed E-state index contributed by atoms with van der Waals surface area (Å²) in [5.41, 5.74) is 4.54. The lowest BCUT2D eigenvalue weighted by Gasteiger charge is -2.43. The first-order valence-corrected chi connectivity index (χ1v) is 15.5. The van der Waals surface area contributed by atoms with E-state index in [0.717, 1.165) is 39.6 Å². The highest BCUT2D eigenvalue weighted by Gasteiger charge is 2.57. The Morgan fingerprint density at radius 2 is 1.90 bits per heavy atom. The van der Waals surface area contributed by atoms with Gasteiger partial charge in [0.05, 0.1) is 23.6 Å². The number of carbonyl (C=O) groups excluding carboxylic acids is 2. The highest BCUT2D eigenvalue weighted by molar-refractivity contribution is 9.10. The van der Waals surface area contributed by atoms with Gasteiger partial charge in [-0.15, -0.1) is 0 Å². The molecule has 1 aliphatic carbocycles. The Morgan fingerprint density at radius 3 is 2.62 bits per heavy atom. The van der Waals surface area contributed by atoms with Crippen molar-refractivity contribution in [2.45, 2.75) is 64.8 Å². The molecule has 8 nitrogen and oxygen atoms in total. The molecule has 220 valence electrons. The Morgan fingerprint density at radius 1 is 1.12 bits per heavy atom. The molecule has 2 aliphatic heterocycles. The van der Waals surface area contributed by atoms with Crippen molar-refractivity contribution in [2.75, 3.05) is 4.90 Å². The minimum Gasteiger partial charge on any atom is -0.507 e. The van der Waals surface area contributed by atoms with Crippen LogP contribution in [0.5, 0.6) is 5.75 Å². The van der Waals surface area contributed by atoms with Gasteiger partial charge >= 0.3 is 14.2 Å². The van der Waals surface area contributed by atoms with Crippen LogP contribution in [0, 0.1) is 17.8 Å². The topological polar surface area (TPSA) is 128 Å². The van der Waals surface area contributed by atoms with Crippen LogP contribution >= 0.6 is 15.9 Å². The van der Waals surface area contributed by atoms with Crippen LogP contribution in [0.1, 0.15) is 57.9 Å². The number of phenols is 1. The van der Waals surface area contributed by atoms with Crippen LogP contribution in [-0.2, 0) is 14.2 Å². The number of aromatic hydroxyl groups is 1. The molecule has 5 rings (SSSR count). The summed E-state index contributed by atoms with van der Waals surface area (Å²) < 4.78 is 7.00. The fourth-order valence-corrected chi connectivity index (χ4v) is 7.33. The molecule has 0 bridgehead atoms. The molecule has 4 N–H and O–H groups in total. The Kier molecular flexibility index (Phi) is 9.44. The standard InChI is InChI=1S/C31H36B2BrNO7/c1-3-6-18(13-20-14-22(34)10-11-26(20)36)9-12-27-28-19(4-2)15-24-29(25(28)17-32(39)42-27)31(38)35(30(24)37)23-8-5-7-21(16-23)33(40)41/h5,7-8,10-11,13-14,16,24-25,27,29,36,39-41H,3-4,6,9,12,15,17H2,1-2H3/b18-13+/t24-,25+,27-,29-/m1/s1. The number of hydrogen-bond donors (Lipinski definition) is 4.